The summed E-state index contributed by atoms with van der Waals surface area (Å²) >= 11 is 0. The maximum atomic E-state index is 12.3. The molecule has 0 saturated heterocycles. The van der Waals surface area contributed by atoms with E-state index < -0.39 is 18.0 Å². The lowest BCUT2D eigenvalue weighted by Crippen LogP contribution is -2.17. The molecule has 14 heavy (non-hydrogen) atoms. The quantitative estimate of drug-likeness (QED) is 0.506. The lowest BCUT2D eigenvalue weighted by Gasteiger charge is -2.15. The van der Waals surface area contributed by atoms with Crippen molar-refractivity contribution in [3.05, 3.63) is 23.5 Å². The number of hydrogen-bond donors (Lipinski definition) is 0. The van der Waals surface area contributed by atoms with Crippen LogP contribution in [0, 0.1) is 0 Å². The fourth-order valence-corrected chi connectivity index (χ4v) is 0.697. The number of halogens is 3. The molecule has 0 heterocycles. The highest BCUT2D eigenvalue weighted by atomic mass is 19.4. The summed E-state index contributed by atoms with van der Waals surface area (Å²) in [5, 5.41) is 0. The third kappa shape index (κ3) is 5.67. The highest BCUT2D eigenvalue weighted by molar-refractivity contribution is 5.15. The summed E-state index contributed by atoms with van der Waals surface area (Å²) in [6, 6.07) is 0. The van der Waals surface area contributed by atoms with Gasteiger partial charge in [0.1, 0.15) is 0 Å². The minimum atomic E-state index is -4.42. The smallest absolute Gasteiger partial charge is 0.448 e. The summed E-state index contributed by atoms with van der Waals surface area (Å²) in [6.07, 6.45) is -2.56. The van der Waals surface area contributed by atoms with Gasteiger partial charge in [0.05, 0.1) is 6.10 Å². The summed E-state index contributed by atoms with van der Waals surface area (Å²) in [4.78, 5) is 0. The number of hydrogen-bond acceptors (Lipinski definition) is 1. The van der Waals surface area contributed by atoms with Crippen LogP contribution in [0.5, 0.6) is 0 Å². The molecule has 0 aliphatic rings. The van der Waals surface area contributed by atoms with Crippen molar-refractivity contribution in [3.8, 4) is 0 Å². The SMILES string of the molecule is CC(C)=CC=C(OC(C)C)C(F)(F)F. The van der Waals surface area contributed by atoms with Gasteiger partial charge in [0.2, 0.25) is 5.76 Å². The fourth-order valence-electron chi connectivity index (χ4n) is 0.697. The lowest BCUT2D eigenvalue weighted by atomic mass is 10.3. The topological polar surface area (TPSA) is 9.23 Å². The Morgan fingerprint density at radius 2 is 1.64 bits per heavy atom. The van der Waals surface area contributed by atoms with Gasteiger partial charge in [0.25, 0.3) is 0 Å². The van der Waals surface area contributed by atoms with Crippen LogP contribution in [0.2, 0.25) is 0 Å². The van der Waals surface area contributed by atoms with Crippen molar-refractivity contribution in [3.63, 3.8) is 0 Å². The molecule has 0 bridgehead atoms. The lowest BCUT2D eigenvalue weighted by molar-refractivity contribution is -0.137. The Balaban J connectivity index is 4.74. The molecule has 0 radical (unpaired) electrons. The van der Waals surface area contributed by atoms with E-state index in [-0.39, 0.29) is 0 Å². The minimum Gasteiger partial charge on any atom is -0.486 e. The highest BCUT2D eigenvalue weighted by Crippen LogP contribution is 2.27. The van der Waals surface area contributed by atoms with Crippen LogP contribution in [0.25, 0.3) is 0 Å². The van der Waals surface area contributed by atoms with Gasteiger partial charge in [-0.05, 0) is 33.8 Å². The molecule has 0 aromatic heterocycles. The minimum absolute atomic E-state index is 0.478. The molecular weight excluding hydrogens is 193 g/mol. The molecule has 0 amide bonds. The average Bonchev–Trinajstić information content (AvgIpc) is 1.94. The molecule has 0 unspecified atom stereocenters. The molecule has 1 nitrogen and oxygen atoms in total. The van der Waals surface area contributed by atoms with Crippen LogP contribution in [0.3, 0.4) is 0 Å². The summed E-state index contributed by atoms with van der Waals surface area (Å²) in [5.74, 6) is -0.950. The standard InChI is InChI=1S/C10H15F3O/c1-7(2)5-6-9(10(11,12)13)14-8(3)4/h5-6,8H,1-4H3. The molecule has 82 valence electrons. The molecule has 0 aliphatic carbocycles. The summed E-state index contributed by atoms with van der Waals surface area (Å²) < 4.78 is 41.6. The van der Waals surface area contributed by atoms with Gasteiger partial charge in [-0.1, -0.05) is 11.6 Å². The van der Waals surface area contributed by atoms with E-state index in [1.54, 1.807) is 27.7 Å². The maximum absolute atomic E-state index is 12.3. The monoisotopic (exact) mass is 208 g/mol. The van der Waals surface area contributed by atoms with Crippen molar-refractivity contribution < 1.29 is 17.9 Å². The summed E-state index contributed by atoms with van der Waals surface area (Å²) in [7, 11) is 0. The number of rotatable bonds is 3. The second-order valence-corrected chi connectivity index (χ2v) is 3.44. The van der Waals surface area contributed by atoms with E-state index in [2.05, 4.69) is 4.74 Å². The molecule has 0 N–H and O–H groups in total. The Kier molecular flexibility index (Phi) is 4.74. The number of ether oxygens (including phenoxy) is 1. The first-order valence-corrected chi connectivity index (χ1v) is 4.32. The zero-order valence-corrected chi connectivity index (χ0v) is 8.77. The Labute approximate surface area is 82.3 Å². The highest BCUT2D eigenvalue weighted by Gasteiger charge is 2.35. The van der Waals surface area contributed by atoms with E-state index in [9.17, 15) is 13.2 Å². The number of allylic oxidation sites excluding steroid dienone is 4. The van der Waals surface area contributed by atoms with Crippen LogP contribution in [0.15, 0.2) is 23.5 Å². The van der Waals surface area contributed by atoms with Gasteiger partial charge in [-0.15, -0.1) is 0 Å². The van der Waals surface area contributed by atoms with Gasteiger partial charge in [0.15, 0.2) is 0 Å². The molecule has 0 rings (SSSR count). The molecule has 0 spiro atoms. The predicted molar refractivity (Wildman–Crippen MR) is 49.8 cm³/mol. The van der Waals surface area contributed by atoms with Crippen LogP contribution in [-0.4, -0.2) is 12.3 Å². The van der Waals surface area contributed by atoms with Crippen LogP contribution in [-0.2, 0) is 4.74 Å². The second kappa shape index (κ2) is 5.08. The van der Waals surface area contributed by atoms with Crippen molar-refractivity contribution in [2.24, 2.45) is 0 Å². The van der Waals surface area contributed by atoms with Gasteiger partial charge < -0.3 is 4.74 Å². The van der Waals surface area contributed by atoms with E-state index in [0.29, 0.717) is 0 Å². The Morgan fingerprint density at radius 3 is 1.93 bits per heavy atom. The van der Waals surface area contributed by atoms with Gasteiger partial charge >= 0.3 is 6.18 Å². The average molecular weight is 208 g/mol. The van der Waals surface area contributed by atoms with Crippen molar-refractivity contribution in [2.75, 3.05) is 0 Å². The number of alkyl halides is 3. The van der Waals surface area contributed by atoms with Crippen LogP contribution >= 0.6 is 0 Å². The molecule has 0 atom stereocenters. The van der Waals surface area contributed by atoms with E-state index in [1.807, 2.05) is 0 Å². The van der Waals surface area contributed by atoms with Crippen molar-refractivity contribution in [1.82, 2.24) is 0 Å². The zero-order valence-electron chi connectivity index (χ0n) is 8.77. The third-order valence-electron chi connectivity index (χ3n) is 1.21. The van der Waals surface area contributed by atoms with Gasteiger partial charge in [-0.25, -0.2) is 0 Å². The maximum Gasteiger partial charge on any atom is 0.448 e. The Hall–Kier alpha value is -0.930. The molecule has 0 saturated carbocycles. The first-order chi connectivity index (χ1) is 6.23. The van der Waals surface area contributed by atoms with E-state index in [0.717, 1.165) is 11.6 Å². The van der Waals surface area contributed by atoms with Crippen LogP contribution in [0.4, 0.5) is 13.2 Å². The van der Waals surface area contributed by atoms with E-state index in [1.165, 1.54) is 6.08 Å². The Bertz CT molecular complexity index is 232. The Morgan fingerprint density at radius 1 is 1.14 bits per heavy atom. The second-order valence-electron chi connectivity index (χ2n) is 3.44. The first-order valence-electron chi connectivity index (χ1n) is 4.32. The predicted octanol–water partition coefficient (Wildman–Crippen LogP) is 3.82. The molecule has 4 heteroatoms. The molecule has 0 fully saturated rings. The summed E-state index contributed by atoms with van der Waals surface area (Å²) in [6.45, 7) is 6.56. The zero-order chi connectivity index (χ0) is 11.4. The fraction of sp³-hybridized carbons (Fsp3) is 0.600. The van der Waals surface area contributed by atoms with Gasteiger partial charge in [0, 0.05) is 0 Å². The summed E-state index contributed by atoms with van der Waals surface area (Å²) in [5.41, 5.74) is 0.791. The largest absolute Gasteiger partial charge is 0.486 e. The van der Waals surface area contributed by atoms with Crippen molar-refractivity contribution in [2.45, 2.75) is 40.0 Å². The van der Waals surface area contributed by atoms with Gasteiger partial charge in [-0.3, -0.25) is 0 Å². The van der Waals surface area contributed by atoms with Gasteiger partial charge in [-0.2, -0.15) is 13.2 Å². The molecular formula is C10H15F3O. The molecule has 0 aromatic carbocycles. The van der Waals surface area contributed by atoms with Crippen LogP contribution in [0.1, 0.15) is 27.7 Å². The van der Waals surface area contributed by atoms with E-state index >= 15 is 0 Å². The normalized spacial score (nSPS) is 13.0. The molecule has 0 aliphatic heterocycles. The van der Waals surface area contributed by atoms with Crippen molar-refractivity contribution >= 4 is 0 Å². The first kappa shape index (κ1) is 13.1. The molecule has 0 aromatic rings. The van der Waals surface area contributed by atoms with E-state index in [4.69, 9.17) is 0 Å². The third-order valence-corrected chi connectivity index (χ3v) is 1.21. The van der Waals surface area contributed by atoms with Crippen LogP contribution < -0.4 is 0 Å². The van der Waals surface area contributed by atoms with Crippen molar-refractivity contribution in [1.29, 1.82) is 0 Å².